The van der Waals surface area contributed by atoms with Crippen molar-refractivity contribution >= 4 is 0 Å². The molecule has 1 N–H and O–H groups in total. The minimum atomic E-state index is 0.673. The normalized spacial score (nSPS) is 26.7. The van der Waals surface area contributed by atoms with Crippen molar-refractivity contribution in [2.75, 3.05) is 13.2 Å². The summed E-state index contributed by atoms with van der Waals surface area (Å²) in [7, 11) is 0. The van der Waals surface area contributed by atoms with Crippen molar-refractivity contribution in [2.45, 2.75) is 102 Å². The zero-order chi connectivity index (χ0) is 14.8. The van der Waals surface area contributed by atoms with Gasteiger partial charge in [-0.15, -0.1) is 0 Å². The molecule has 0 amide bonds. The molecule has 124 valence electrons. The molecule has 0 spiro atoms. The van der Waals surface area contributed by atoms with Crippen LogP contribution in [0.25, 0.3) is 0 Å². The van der Waals surface area contributed by atoms with E-state index in [1.165, 1.54) is 83.5 Å². The van der Waals surface area contributed by atoms with Crippen molar-refractivity contribution < 1.29 is 4.74 Å². The van der Waals surface area contributed by atoms with Crippen LogP contribution in [-0.2, 0) is 4.74 Å². The number of nitrogens with one attached hydrogen (secondary N) is 1. The first-order valence-corrected chi connectivity index (χ1v) is 9.70. The lowest BCUT2D eigenvalue weighted by Crippen LogP contribution is -2.42. The van der Waals surface area contributed by atoms with Gasteiger partial charge in [-0.05, 0) is 38.5 Å². The molecule has 2 rings (SSSR count). The molecule has 2 heteroatoms. The Morgan fingerprint density at radius 2 is 1.19 bits per heavy atom. The van der Waals surface area contributed by atoms with Gasteiger partial charge < -0.3 is 10.1 Å². The Bertz CT molecular complexity index is 238. The minimum Gasteiger partial charge on any atom is -0.381 e. The van der Waals surface area contributed by atoms with Gasteiger partial charge in [0.25, 0.3) is 0 Å². The lowest BCUT2D eigenvalue weighted by atomic mass is 9.91. The van der Waals surface area contributed by atoms with Crippen molar-refractivity contribution in [3.63, 3.8) is 0 Å². The van der Waals surface area contributed by atoms with E-state index in [2.05, 4.69) is 12.2 Å². The fourth-order valence-electron chi connectivity index (χ4n) is 4.05. The summed E-state index contributed by atoms with van der Waals surface area (Å²) in [6.07, 6.45) is 18.4. The van der Waals surface area contributed by atoms with Crippen LogP contribution in [0.15, 0.2) is 0 Å². The van der Waals surface area contributed by atoms with E-state index >= 15 is 0 Å². The first-order chi connectivity index (χ1) is 10.4. The highest BCUT2D eigenvalue weighted by molar-refractivity contribution is 4.79. The number of ether oxygens (including phenoxy) is 1. The van der Waals surface area contributed by atoms with Crippen molar-refractivity contribution in [1.82, 2.24) is 5.32 Å². The molecule has 1 saturated carbocycles. The van der Waals surface area contributed by atoms with Gasteiger partial charge >= 0.3 is 0 Å². The SMILES string of the molecule is CC(NC1CCCCCCCCCCC1)C1CCOCC1. The van der Waals surface area contributed by atoms with Gasteiger partial charge in [-0.2, -0.15) is 0 Å². The van der Waals surface area contributed by atoms with Crippen LogP contribution in [0.3, 0.4) is 0 Å². The average molecular weight is 296 g/mol. The summed E-state index contributed by atoms with van der Waals surface area (Å²) in [5, 5.41) is 3.98. The van der Waals surface area contributed by atoms with Gasteiger partial charge in [-0.1, -0.05) is 57.8 Å². The largest absolute Gasteiger partial charge is 0.381 e. The predicted molar refractivity (Wildman–Crippen MR) is 90.7 cm³/mol. The summed E-state index contributed by atoms with van der Waals surface area (Å²) < 4.78 is 5.50. The molecular formula is C19H37NO. The Morgan fingerprint density at radius 1 is 0.714 bits per heavy atom. The van der Waals surface area contributed by atoms with Gasteiger partial charge in [0.15, 0.2) is 0 Å². The molecule has 2 aliphatic rings. The Morgan fingerprint density at radius 3 is 1.71 bits per heavy atom. The first-order valence-electron chi connectivity index (χ1n) is 9.70. The van der Waals surface area contributed by atoms with Crippen molar-refractivity contribution in [1.29, 1.82) is 0 Å². The molecule has 0 bridgehead atoms. The fourth-order valence-corrected chi connectivity index (χ4v) is 4.05. The van der Waals surface area contributed by atoms with Crippen LogP contribution < -0.4 is 5.32 Å². The Hall–Kier alpha value is -0.0800. The van der Waals surface area contributed by atoms with Gasteiger partial charge in [-0.25, -0.2) is 0 Å². The number of hydrogen-bond acceptors (Lipinski definition) is 2. The van der Waals surface area contributed by atoms with Gasteiger partial charge in [0.05, 0.1) is 0 Å². The molecule has 1 unspecified atom stereocenters. The number of rotatable bonds is 3. The molecule has 0 aromatic rings. The summed E-state index contributed by atoms with van der Waals surface area (Å²) in [5.74, 6) is 0.833. The van der Waals surface area contributed by atoms with E-state index in [0.717, 1.165) is 25.2 Å². The van der Waals surface area contributed by atoms with Crippen molar-refractivity contribution in [2.24, 2.45) is 5.92 Å². The third-order valence-corrected chi connectivity index (χ3v) is 5.58. The van der Waals surface area contributed by atoms with E-state index in [1.807, 2.05) is 0 Å². The Kier molecular flexibility index (Phi) is 8.73. The third kappa shape index (κ3) is 7.15. The predicted octanol–water partition coefficient (Wildman–Crippen LogP) is 5.06. The summed E-state index contributed by atoms with van der Waals surface area (Å²) in [5.41, 5.74) is 0. The van der Waals surface area contributed by atoms with Gasteiger partial charge in [0.2, 0.25) is 0 Å². The smallest absolute Gasteiger partial charge is 0.0469 e. The van der Waals surface area contributed by atoms with Crippen LogP contribution in [0.2, 0.25) is 0 Å². The molecule has 2 nitrogen and oxygen atoms in total. The highest BCUT2D eigenvalue weighted by Crippen LogP contribution is 2.22. The molecule has 1 aliphatic heterocycles. The summed E-state index contributed by atoms with van der Waals surface area (Å²) in [4.78, 5) is 0. The molecule has 1 saturated heterocycles. The Balaban J connectivity index is 1.73. The lowest BCUT2D eigenvalue weighted by molar-refractivity contribution is 0.0539. The van der Waals surface area contributed by atoms with Crippen LogP contribution in [0, 0.1) is 5.92 Å². The maximum atomic E-state index is 5.50. The van der Waals surface area contributed by atoms with Crippen LogP contribution in [0.4, 0.5) is 0 Å². The maximum Gasteiger partial charge on any atom is 0.0469 e. The quantitative estimate of drug-likeness (QED) is 0.785. The van der Waals surface area contributed by atoms with Crippen LogP contribution in [0.1, 0.15) is 90.4 Å². The van der Waals surface area contributed by atoms with Crippen LogP contribution in [0.5, 0.6) is 0 Å². The first kappa shape index (κ1) is 17.3. The molecule has 0 radical (unpaired) electrons. The topological polar surface area (TPSA) is 21.3 Å². The van der Waals surface area contributed by atoms with Crippen molar-refractivity contribution in [3.05, 3.63) is 0 Å². The molecule has 2 fully saturated rings. The van der Waals surface area contributed by atoms with Gasteiger partial charge in [-0.3, -0.25) is 0 Å². The minimum absolute atomic E-state index is 0.673. The Labute approximate surface area is 132 Å². The van der Waals surface area contributed by atoms with E-state index in [4.69, 9.17) is 4.74 Å². The zero-order valence-electron chi connectivity index (χ0n) is 14.2. The summed E-state index contributed by atoms with van der Waals surface area (Å²) in [6, 6.07) is 1.44. The molecule has 0 aromatic carbocycles. The molecule has 21 heavy (non-hydrogen) atoms. The van der Waals surface area contributed by atoms with E-state index in [9.17, 15) is 0 Å². The highest BCUT2D eigenvalue weighted by atomic mass is 16.5. The van der Waals surface area contributed by atoms with E-state index in [0.29, 0.717) is 6.04 Å². The highest BCUT2D eigenvalue weighted by Gasteiger charge is 2.22. The molecule has 0 aromatic heterocycles. The maximum absolute atomic E-state index is 5.50. The van der Waals surface area contributed by atoms with Crippen LogP contribution >= 0.6 is 0 Å². The lowest BCUT2D eigenvalue weighted by Gasteiger charge is -2.32. The zero-order valence-corrected chi connectivity index (χ0v) is 14.2. The van der Waals surface area contributed by atoms with E-state index in [-0.39, 0.29) is 0 Å². The molecule has 1 aliphatic carbocycles. The second kappa shape index (κ2) is 10.6. The number of hydrogen-bond donors (Lipinski definition) is 1. The van der Waals surface area contributed by atoms with Crippen LogP contribution in [-0.4, -0.2) is 25.3 Å². The average Bonchev–Trinajstić information content (AvgIpc) is 2.51. The second-order valence-electron chi connectivity index (χ2n) is 7.36. The van der Waals surface area contributed by atoms with Gasteiger partial charge in [0.1, 0.15) is 0 Å². The van der Waals surface area contributed by atoms with Gasteiger partial charge in [0, 0.05) is 25.3 Å². The molecule has 1 heterocycles. The monoisotopic (exact) mass is 295 g/mol. The summed E-state index contributed by atoms with van der Waals surface area (Å²) in [6.45, 7) is 4.36. The molecular weight excluding hydrogens is 258 g/mol. The van der Waals surface area contributed by atoms with Crippen molar-refractivity contribution in [3.8, 4) is 0 Å². The third-order valence-electron chi connectivity index (χ3n) is 5.58. The molecule has 1 atom stereocenters. The van der Waals surface area contributed by atoms with E-state index in [1.54, 1.807) is 0 Å². The summed E-state index contributed by atoms with van der Waals surface area (Å²) >= 11 is 0. The standard InChI is InChI=1S/C19H37NO/c1-17(18-13-15-21-16-14-18)20-19-11-9-7-5-3-2-4-6-8-10-12-19/h17-20H,2-16H2,1H3. The second-order valence-corrected chi connectivity index (χ2v) is 7.36. The fraction of sp³-hybridized carbons (Fsp3) is 1.00. The van der Waals surface area contributed by atoms with E-state index < -0.39 is 0 Å².